The van der Waals surface area contributed by atoms with Gasteiger partial charge in [-0.15, -0.1) is 5.10 Å². The maximum Gasteiger partial charge on any atom is 0.271 e. The van der Waals surface area contributed by atoms with E-state index in [0.717, 1.165) is 23.4 Å². The summed E-state index contributed by atoms with van der Waals surface area (Å²) >= 11 is 0. The van der Waals surface area contributed by atoms with Crippen molar-refractivity contribution in [3.8, 4) is 0 Å². The van der Waals surface area contributed by atoms with Crippen molar-refractivity contribution in [2.45, 2.75) is 26.4 Å². The van der Waals surface area contributed by atoms with E-state index in [2.05, 4.69) is 20.7 Å². The Kier molecular flexibility index (Phi) is 4.16. The molecular weight excluding hydrogens is 296 g/mol. The number of rotatable bonds is 4. The fourth-order valence-corrected chi connectivity index (χ4v) is 3.17. The van der Waals surface area contributed by atoms with Crippen LogP contribution in [0.4, 0.5) is 0 Å². The molecule has 0 unspecified atom stereocenters. The number of carbonyl (C=O) groups is 1. The molecular formula is C15H22N6O2. The van der Waals surface area contributed by atoms with Crippen LogP contribution >= 0.6 is 0 Å². The van der Waals surface area contributed by atoms with Crippen LogP contribution in [0.1, 0.15) is 40.0 Å². The number of carbonyl (C=O) groups excluding carboxylic acids is 1. The lowest BCUT2D eigenvalue weighted by atomic mass is 9.94. The van der Waals surface area contributed by atoms with Gasteiger partial charge in [0.15, 0.2) is 0 Å². The highest BCUT2D eigenvalue weighted by molar-refractivity contribution is 5.92. The molecule has 0 aliphatic carbocycles. The van der Waals surface area contributed by atoms with Gasteiger partial charge in [0, 0.05) is 44.4 Å². The summed E-state index contributed by atoms with van der Waals surface area (Å²) in [6, 6.07) is 0. The first kappa shape index (κ1) is 15.7. The first-order valence-electron chi connectivity index (χ1n) is 7.73. The second kappa shape index (κ2) is 6.11. The quantitative estimate of drug-likeness (QED) is 0.895. The van der Waals surface area contributed by atoms with E-state index in [-0.39, 0.29) is 17.9 Å². The molecule has 1 amide bonds. The van der Waals surface area contributed by atoms with Gasteiger partial charge >= 0.3 is 0 Å². The standard InChI is InChI=1S/C15H22N6O2/c1-9-13(10(2)20(3)18-9)14-11(5-6-23-14)7-16-15(22)12-8-17-19-21(12)4/h8,11,14H,5-7H2,1-4H3,(H,16,22)/t11-,14+/m1/s1. The molecule has 2 atom stereocenters. The Morgan fingerprint density at radius 2 is 2.17 bits per heavy atom. The van der Waals surface area contributed by atoms with Crippen molar-refractivity contribution < 1.29 is 9.53 Å². The predicted octanol–water partition coefficient (Wildman–Crippen LogP) is 0.673. The molecule has 0 bridgehead atoms. The van der Waals surface area contributed by atoms with Crippen molar-refractivity contribution in [1.29, 1.82) is 0 Å². The normalized spacial score (nSPS) is 20.9. The van der Waals surface area contributed by atoms with Crippen LogP contribution in [0.25, 0.3) is 0 Å². The number of aryl methyl sites for hydroxylation is 3. The first-order chi connectivity index (χ1) is 11.0. The number of aromatic nitrogens is 5. The lowest BCUT2D eigenvalue weighted by molar-refractivity contribution is 0.0836. The Morgan fingerprint density at radius 1 is 1.39 bits per heavy atom. The Bertz CT molecular complexity index is 720. The summed E-state index contributed by atoms with van der Waals surface area (Å²) in [7, 11) is 3.64. The highest BCUT2D eigenvalue weighted by atomic mass is 16.5. The molecule has 0 spiro atoms. The minimum absolute atomic E-state index is 0.0198. The second-order valence-electron chi connectivity index (χ2n) is 6.00. The van der Waals surface area contributed by atoms with E-state index in [1.54, 1.807) is 7.05 Å². The van der Waals surface area contributed by atoms with Crippen molar-refractivity contribution in [3.63, 3.8) is 0 Å². The van der Waals surface area contributed by atoms with Crippen molar-refractivity contribution in [2.24, 2.45) is 20.0 Å². The number of hydrogen-bond donors (Lipinski definition) is 1. The molecule has 1 aliphatic rings. The van der Waals surface area contributed by atoms with Crippen LogP contribution in [-0.2, 0) is 18.8 Å². The van der Waals surface area contributed by atoms with E-state index >= 15 is 0 Å². The van der Waals surface area contributed by atoms with Crippen LogP contribution in [0.3, 0.4) is 0 Å². The number of nitrogens with one attached hydrogen (secondary N) is 1. The van der Waals surface area contributed by atoms with Crippen LogP contribution in [0, 0.1) is 19.8 Å². The van der Waals surface area contributed by atoms with Gasteiger partial charge in [-0.05, 0) is 20.3 Å². The molecule has 1 aliphatic heterocycles. The van der Waals surface area contributed by atoms with Gasteiger partial charge in [0.1, 0.15) is 5.69 Å². The number of hydrogen-bond acceptors (Lipinski definition) is 5. The van der Waals surface area contributed by atoms with Gasteiger partial charge in [0.05, 0.1) is 18.0 Å². The smallest absolute Gasteiger partial charge is 0.271 e. The van der Waals surface area contributed by atoms with Gasteiger partial charge in [-0.1, -0.05) is 5.21 Å². The van der Waals surface area contributed by atoms with E-state index < -0.39 is 0 Å². The molecule has 8 nitrogen and oxygen atoms in total. The lowest BCUT2D eigenvalue weighted by Crippen LogP contribution is -2.32. The third-order valence-electron chi connectivity index (χ3n) is 4.54. The zero-order valence-electron chi connectivity index (χ0n) is 13.9. The molecule has 2 aromatic rings. The van der Waals surface area contributed by atoms with Gasteiger partial charge in [0.2, 0.25) is 0 Å². The summed E-state index contributed by atoms with van der Waals surface area (Å²) in [5, 5.41) is 14.9. The molecule has 1 fully saturated rings. The highest BCUT2D eigenvalue weighted by Gasteiger charge is 2.33. The Balaban J connectivity index is 1.70. The average Bonchev–Trinajstić information content (AvgIpc) is 3.18. The molecule has 8 heteroatoms. The first-order valence-corrected chi connectivity index (χ1v) is 7.73. The average molecular weight is 318 g/mol. The van der Waals surface area contributed by atoms with Crippen LogP contribution in [0.2, 0.25) is 0 Å². The third-order valence-corrected chi connectivity index (χ3v) is 4.54. The number of ether oxygens (including phenoxy) is 1. The Hall–Kier alpha value is -2.22. The Morgan fingerprint density at radius 3 is 2.78 bits per heavy atom. The van der Waals surface area contributed by atoms with Crippen molar-refractivity contribution in [3.05, 3.63) is 28.8 Å². The van der Waals surface area contributed by atoms with Crippen molar-refractivity contribution in [1.82, 2.24) is 30.1 Å². The van der Waals surface area contributed by atoms with Crippen LogP contribution in [0.15, 0.2) is 6.20 Å². The van der Waals surface area contributed by atoms with Gasteiger partial charge in [0.25, 0.3) is 5.91 Å². The zero-order valence-corrected chi connectivity index (χ0v) is 13.9. The van der Waals surface area contributed by atoms with Gasteiger partial charge in [-0.2, -0.15) is 5.10 Å². The zero-order chi connectivity index (χ0) is 16.6. The lowest BCUT2D eigenvalue weighted by Gasteiger charge is -2.19. The van der Waals surface area contributed by atoms with E-state index in [4.69, 9.17) is 4.74 Å². The van der Waals surface area contributed by atoms with E-state index in [1.165, 1.54) is 10.9 Å². The fraction of sp³-hybridized carbons (Fsp3) is 0.600. The molecule has 0 aromatic carbocycles. The van der Waals surface area contributed by atoms with Crippen molar-refractivity contribution >= 4 is 5.91 Å². The monoisotopic (exact) mass is 318 g/mol. The van der Waals surface area contributed by atoms with E-state index in [0.29, 0.717) is 18.8 Å². The van der Waals surface area contributed by atoms with Crippen LogP contribution in [-0.4, -0.2) is 43.8 Å². The van der Waals surface area contributed by atoms with E-state index in [1.807, 2.05) is 25.6 Å². The third kappa shape index (κ3) is 2.86. The van der Waals surface area contributed by atoms with Gasteiger partial charge in [-0.25, -0.2) is 4.68 Å². The second-order valence-corrected chi connectivity index (χ2v) is 6.00. The summed E-state index contributed by atoms with van der Waals surface area (Å²) < 4.78 is 9.28. The molecule has 1 N–H and O–H groups in total. The summed E-state index contributed by atoms with van der Waals surface area (Å²) in [6.07, 6.45) is 2.36. The molecule has 1 saturated heterocycles. The maximum atomic E-state index is 12.2. The largest absolute Gasteiger partial charge is 0.373 e. The number of nitrogens with zero attached hydrogens (tertiary/aromatic N) is 5. The predicted molar refractivity (Wildman–Crippen MR) is 82.8 cm³/mol. The number of amides is 1. The van der Waals surface area contributed by atoms with Gasteiger partial charge < -0.3 is 10.1 Å². The molecule has 2 aromatic heterocycles. The van der Waals surface area contributed by atoms with E-state index in [9.17, 15) is 4.79 Å². The minimum Gasteiger partial charge on any atom is -0.373 e. The maximum absolute atomic E-state index is 12.2. The summed E-state index contributed by atoms with van der Waals surface area (Å²) in [5.41, 5.74) is 3.70. The molecule has 23 heavy (non-hydrogen) atoms. The summed E-state index contributed by atoms with van der Waals surface area (Å²) in [5.74, 6) is 0.0736. The fourth-order valence-electron chi connectivity index (χ4n) is 3.17. The van der Waals surface area contributed by atoms with Gasteiger partial charge in [-0.3, -0.25) is 9.48 Å². The molecule has 3 rings (SSSR count). The Labute approximate surface area is 134 Å². The topological polar surface area (TPSA) is 86.9 Å². The summed E-state index contributed by atoms with van der Waals surface area (Å²) in [6.45, 7) is 5.31. The van der Waals surface area contributed by atoms with Crippen LogP contribution in [0.5, 0.6) is 0 Å². The van der Waals surface area contributed by atoms with Crippen LogP contribution < -0.4 is 5.32 Å². The minimum atomic E-state index is -0.164. The molecule has 124 valence electrons. The molecule has 3 heterocycles. The molecule has 0 radical (unpaired) electrons. The highest BCUT2D eigenvalue weighted by Crippen LogP contribution is 2.37. The van der Waals surface area contributed by atoms with Crippen molar-refractivity contribution in [2.75, 3.05) is 13.2 Å². The SMILES string of the molecule is Cc1nn(C)c(C)c1[C@H]1OCC[C@@H]1CNC(=O)c1cnnn1C. The molecule has 0 saturated carbocycles. The summed E-state index contributed by atoms with van der Waals surface area (Å²) in [4.78, 5) is 12.2.